The van der Waals surface area contributed by atoms with Gasteiger partial charge in [0.1, 0.15) is 5.82 Å². The van der Waals surface area contributed by atoms with Gasteiger partial charge in [-0.1, -0.05) is 91.0 Å². The van der Waals surface area contributed by atoms with Gasteiger partial charge in [-0.25, -0.2) is 4.68 Å². The highest BCUT2D eigenvalue weighted by Gasteiger charge is 2.19. The van der Waals surface area contributed by atoms with Crippen molar-refractivity contribution in [2.45, 2.75) is 18.9 Å². The number of nitrogens with zero attached hydrogens (tertiary/aromatic N) is 2. The predicted octanol–water partition coefficient (Wildman–Crippen LogP) is 5.09. The summed E-state index contributed by atoms with van der Waals surface area (Å²) in [7, 11) is 0. The van der Waals surface area contributed by atoms with Crippen molar-refractivity contribution in [3.63, 3.8) is 0 Å². The summed E-state index contributed by atoms with van der Waals surface area (Å²) in [5.41, 5.74) is 3.40. The second-order valence-corrected chi connectivity index (χ2v) is 6.99. The molecule has 3 aromatic carbocycles. The predicted molar refractivity (Wildman–Crippen MR) is 116 cm³/mol. The van der Waals surface area contributed by atoms with Crippen LogP contribution in [0.1, 0.15) is 29.0 Å². The molecule has 0 aliphatic carbocycles. The van der Waals surface area contributed by atoms with Crippen LogP contribution in [0.5, 0.6) is 0 Å². The van der Waals surface area contributed by atoms with Gasteiger partial charge in [0, 0.05) is 18.4 Å². The third kappa shape index (κ3) is 4.79. The van der Waals surface area contributed by atoms with E-state index in [0.29, 0.717) is 18.8 Å². The van der Waals surface area contributed by atoms with Gasteiger partial charge < -0.3 is 5.32 Å². The molecule has 0 unspecified atom stereocenters. The number of rotatable bonds is 7. The fraction of sp³-hybridized carbons (Fsp3) is 0.120. The van der Waals surface area contributed by atoms with Crippen molar-refractivity contribution in [3.05, 3.63) is 120 Å². The van der Waals surface area contributed by atoms with E-state index in [9.17, 15) is 4.79 Å². The van der Waals surface area contributed by atoms with Gasteiger partial charge in [-0.2, -0.15) is 5.10 Å². The van der Waals surface area contributed by atoms with Crippen LogP contribution in [0.3, 0.4) is 0 Å². The first-order chi connectivity index (χ1) is 14.3. The van der Waals surface area contributed by atoms with Gasteiger partial charge in [-0.05, 0) is 16.7 Å². The second kappa shape index (κ2) is 9.02. The second-order valence-electron chi connectivity index (χ2n) is 6.99. The molecular formula is C25H23N3O. The van der Waals surface area contributed by atoms with E-state index >= 15 is 0 Å². The van der Waals surface area contributed by atoms with E-state index in [1.54, 1.807) is 6.20 Å². The number of amides is 1. The third-order valence-electron chi connectivity index (χ3n) is 4.95. The number of carbonyl (C=O) groups excluding carboxylic acids is 1. The Morgan fingerprint density at radius 3 is 1.93 bits per heavy atom. The first-order valence-electron chi connectivity index (χ1n) is 9.75. The summed E-state index contributed by atoms with van der Waals surface area (Å²) in [6.07, 6.45) is 2.08. The number of carbonyl (C=O) groups is 1. The topological polar surface area (TPSA) is 46.9 Å². The number of hydrogen-bond acceptors (Lipinski definition) is 2. The van der Waals surface area contributed by atoms with E-state index in [2.05, 4.69) is 34.7 Å². The number of aromatic nitrogens is 2. The van der Waals surface area contributed by atoms with Gasteiger partial charge in [0.2, 0.25) is 5.91 Å². The molecular weight excluding hydrogens is 358 g/mol. The van der Waals surface area contributed by atoms with Crippen molar-refractivity contribution in [1.82, 2.24) is 9.78 Å². The summed E-state index contributed by atoms with van der Waals surface area (Å²) in [4.78, 5) is 12.9. The van der Waals surface area contributed by atoms with Gasteiger partial charge in [0.05, 0.1) is 12.7 Å². The molecule has 0 radical (unpaired) electrons. The Bertz CT molecular complexity index is 1000. The molecule has 0 spiro atoms. The lowest BCUT2D eigenvalue weighted by atomic mass is 9.88. The molecule has 1 N–H and O–H groups in total. The highest BCUT2D eigenvalue weighted by molar-refractivity contribution is 5.90. The maximum atomic E-state index is 12.9. The Labute approximate surface area is 170 Å². The average Bonchev–Trinajstić information content (AvgIpc) is 3.20. The normalized spacial score (nSPS) is 10.8. The number of nitrogens with one attached hydrogen (secondary N) is 1. The van der Waals surface area contributed by atoms with Crippen LogP contribution in [0.2, 0.25) is 0 Å². The van der Waals surface area contributed by atoms with E-state index in [1.807, 2.05) is 77.5 Å². The Hall–Kier alpha value is -3.66. The fourth-order valence-corrected chi connectivity index (χ4v) is 3.50. The minimum Gasteiger partial charge on any atom is -0.311 e. The highest BCUT2D eigenvalue weighted by atomic mass is 16.1. The molecule has 4 nitrogen and oxygen atoms in total. The number of benzene rings is 3. The van der Waals surface area contributed by atoms with Crippen LogP contribution in [0.15, 0.2) is 103 Å². The summed E-state index contributed by atoms with van der Waals surface area (Å²) >= 11 is 0. The lowest BCUT2D eigenvalue weighted by Crippen LogP contribution is -2.19. The van der Waals surface area contributed by atoms with E-state index in [1.165, 1.54) is 0 Å². The summed E-state index contributed by atoms with van der Waals surface area (Å²) in [6.45, 7) is 0.615. The van der Waals surface area contributed by atoms with Crippen LogP contribution in [0.4, 0.5) is 5.82 Å². The quantitative estimate of drug-likeness (QED) is 0.485. The first kappa shape index (κ1) is 18.7. The SMILES string of the molecule is O=C(CC(c1ccccc1)c1ccccc1)Nc1ccnn1Cc1ccccc1. The van der Waals surface area contributed by atoms with Crippen LogP contribution in [0.25, 0.3) is 0 Å². The number of anilines is 1. The maximum Gasteiger partial charge on any atom is 0.226 e. The zero-order chi connectivity index (χ0) is 19.9. The molecule has 1 heterocycles. The van der Waals surface area contributed by atoms with Crippen molar-refractivity contribution in [2.24, 2.45) is 0 Å². The Kier molecular flexibility index (Phi) is 5.81. The number of hydrogen-bond donors (Lipinski definition) is 1. The third-order valence-corrected chi connectivity index (χ3v) is 4.95. The van der Waals surface area contributed by atoms with E-state index in [-0.39, 0.29) is 11.8 Å². The van der Waals surface area contributed by atoms with Gasteiger partial charge in [0.15, 0.2) is 0 Å². The Balaban J connectivity index is 1.50. The fourth-order valence-electron chi connectivity index (χ4n) is 3.50. The molecule has 0 bridgehead atoms. The molecule has 0 saturated carbocycles. The van der Waals surface area contributed by atoms with E-state index in [0.717, 1.165) is 16.7 Å². The zero-order valence-corrected chi connectivity index (χ0v) is 16.1. The summed E-state index contributed by atoms with van der Waals surface area (Å²) in [5, 5.41) is 7.40. The smallest absolute Gasteiger partial charge is 0.226 e. The van der Waals surface area contributed by atoms with Crippen LogP contribution < -0.4 is 5.32 Å². The lowest BCUT2D eigenvalue weighted by Gasteiger charge is -2.18. The average molecular weight is 381 g/mol. The van der Waals surface area contributed by atoms with Crippen LogP contribution in [0, 0.1) is 0 Å². The van der Waals surface area contributed by atoms with Crippen molar-refractivity contribution < 1.29 is 4.79 Å². The first-order valence-corrected chi connectivity index (χ1v) is 9.75. The Morgan fingerprint density at radius 2 is 1.34 bits per heavy atom. The zero-order valence-electron chi connectivity index (χ0n) is 16.1. The molecule has 0 aliphatic heterocycles. The van der Waals surface area contributed by atoms with Gasteiger partial charge in [-0.3, -0.25) is 4.79 Å². The van der Waals surface area contributed by atoms with E-state index < -0.39 is 0 Å². The summed E-state index contributed by atoms with van der Waals surface area (Å²) in [6, 6.07) is 32.3. The minimum atomic E-state index is -0.0301. The molecule has 4 rings (SSSR count). The van der Waals surface area contributed by atoms with Crippen molar-refractivity contribution in [2.75, 3.05) is 5.32 Å². The lowest BCUT2D eigenvalue weighted by molar-refractivity contribution is -0.116. The van der Waals surface area contributed by atoms with Crippen molar-refractivity contribution in [1.29, 1.82) is 0 Å². The molecule has 1 amide bonds. The Morgan fingerprint density at radius 1 is 0.793 bits per heavy atom. The van der Waals surface area contributed by atoms with Gasteiger partial charge >= 0.3 is 0 Å². The van der Waals surface area contributed by atoms with Crippen LogP contribution in [-0.4, -0.2) is 15.7 Å². The largest absolute Gasteiger partial charge is 0.311 e. The highest BCUT2D eigenvalue weighted by Crippen LogP contribution is 2.28. The molecule has 144 valence electrons. The van der Waals surface area contributed by atoms with E-state index in [4.69, 9.17) is 0 Å². The molecule has 0 atom stereocenters. The molecule has 0 aliphatic rings. The van der Waals surface area contributed by atoms with Crippen LogP contribution in [-0.2, 0) is 11.3 Å². The minimum absolute atomic E-state index is 0.00268. The van der Waals surface area contributed by atoms with Gasteiger partial charge in [0.25, 0.3) is 0 Å². The van der Waals surface area contributed by atoms with Crippen LogP contribution >= 0.6 is 0 Å². The van der Waals surface area contributed by atoms with Crippen molar-refractivity contribution in [3.8, 4) is 0 Å². The molecule has 4 aromatic rings. The standard InChI is InChI=1S/C25H23N3O/c29-25(27-24-16-17-26-28(24)19-20-10-4-1-5-11-20)18-23(21-12-6-2-7-13-21)22-14-8-3-9-15-22/h1-17,23H,18-19H2,(H,27,29). The molecule has 1 aromatic heterocycles. The van der Waals surface area contributed by atoms with Gasteiger partial charge in [-0.15, -0.1) is 0 Å². The molecule has 29 heavy (non-hydrogen) atoms. The molecule has 0 fully saturated rings. The molecule has 4 heteroatoms. The molecule has 0 saturated heterocycles. The summed E-state index contributed by atoms with van der Waals surface area (Å²) < 4.78 is 1.81. The maximum absolute atomic E-state index is 12.9. The summed E-state index contributed by atoms with van der Waals surface area (Å²) in [5.74, 6) is 0.680. The monoisotopic (exact) mass is 381 g/mol. The van der Waals surface area contributed by atoms with Crippen molar-refractivity contribution >= 4 is 11.7 Å².